The Hall–Kier alpha value is -4.67. The Morgan fingerprint density at radius 2 is 1.69 bits per heavy atom. The molecule has 2 heterocycles. The van der Waals surface area contributed by atoms with Gasteiger partial charge in [0, 0.05) is 35.2 Å². The monoisotopic (exact) mass is 583 g/mol. The highest BCUT2D eigenvalue weighted by Crippen LogP contribution is 2.44. The number of halogens is 6. The molecule has 0 unspecified atom stereocenters. The van der Waals surface area contributed by atoms with Gasteiger partial charge in [-0.05, 0) is 49.2 Å². The zero-order chi connectivity index (χ0) is 30.2. The Kier molecular flexibility index (Phi) is 7.77. The van der Waals surface area contributed by atoms with Crippen molar-refractivity contribution in [2.45, 2.75) is 38.9 Å². The average Bonchev–Trinajstić information content (AvgIpc) is 2.93. The van der Waals surface area contributed by atoms with E-state index < -0.39 is 52.1 Å². The van der Waals surface area contributed by atoms with Crippen molar-refractivity contribution >= 4 is 10.9 Å². The van der Waals surface area contributed by atoms with Gasteiger partial charge in [0.1, 0.15) is 34.5 Å². The van der Waals surface area contributed by atoms with Crippen molar-refractivity contribution in [1.82, 2.24) is 14.5 Å². The van der Waals surface area contributed by atoms with Gasteiger partial charge in [0.15, 0.2) is 0 Å². The van der Waals surface area contributed by atoms with Crippen molar-refractivity contribution in [3.8, 4) is 22.6 Å². The van der Waals surface area contributed by atoms with Crippen LogP contribution >= 0.6 is 0 Å². The molecule has 216 valence electrons. The fraction of sp³-hybridized carbons (Fsp3) is 0.194. The third kappa shape index (κ3) is 5.59. The molecule has 0 N–H and O–H groups in total. The number of ether oxygens (including phenoxy) is 1. The maximum atomic E-state index is 14.5. The summed E-state index contributed by atoms with van der Waals surface area (Å²) in [4.78, 5) is 20.7. The number of hydrogen-bond donors (Lipinski definition) is 0. The van der Waals surface area contributed by atoms with Crippen molar-refractivity contribution in [3.05, 3.63) is 118 Å². The summed E-state index contributed by atoms with van der Waals surface area (Å²) in [7, 11) is 0. The molecule has 0 amide bonds. The number of hydrogen-bond acceptors (Lipinski definition) is 4. The van der Waals surface area contributed by atoms with Crippen molar-refractivity contribution < 1.29 is 31.1 Å². The SMILES string of the molecule is CCCc1ccc(-c2cccc(Oc3ccc4c(c3)c(=O)ncn4[C@H](C)c3c(F)cc(F)cc3F)c2C(F)(F)F)cn1. The molecule has 0 spiro atoms. The van der Waals surface area contributed by atoms with Gasteiger partial charge in [-0.1, -0.05) is 31.5 Å². The molecule has 0 saturated heterocycles. The lowest BCUT2D eigenvalue weighted by Gasteiger charge is -2.20. The second-order valence-electron chi connectivity index (χ2n) is 9.66. The Morgan fingerprint density at radius 1 is 0.952 bits per heavy atom. The van der Waals surface area contributed by atoms with Crippen LogP contribution in [0.5, 0.6) is 11.5 Å². The molecule has 0 fully saturated rings. The van der Waals surface area contributed by atoms with Crippen LogP contribution in [0.15, 0.2) is 78.0 Å². The summed E-state index contributed by atoms with van der Waals surface area (Å²) in [6.07, 6.45) is -0.784. The van der Waals surface area contributed by atoms with Gasteiger partial charge in [0.25, 0.3) is 5.56 Å². The van der Waals surface area contributed by atoms with E-state index in [0.717, 1.165) is 18.4 Å². The van der Waals surface area contributed by atoms with Crippen molar-refractivity contribution in [3.63, 3.8) is 0 Å². The van der Waals surface area contributed by atoms with Crippen LogP contribution < -0.4 is 10.3 Å². The van der Waals surface area contributed by atoms with E-state index in [2.05, 4.69) is 9.97 Å². The molecule has 11 heteroatoms. The standard InChI is InChI=1S/C31H23F6N3O2/c1-3-5-20-9-8-18(15-38-20)22-6-4-7-27(29(22)31(35,36)37)42-21-10-11-26-23(14-21)30(41)39-16-40(26)17(2)28-24(33)12-19(32)13-25(28)34/h4,6-17H,3,5H2,1-2H3/t17-/m1/s1. The van der Waals surface area contributed by atoms with E-state index >= 15 is 0 Å². The van der Waals surface area contributed by atoms with Crippen molar-refractivity contribution in [1.29, 1.82) is 0 Å². The van der Waals surface area contributed by atoms with Gasteiger partial charge in [-0.25, -0.2) is 13.2 Å². The highest BCUT2D eigenvalue weighted by molar-refractivity contribution is 5.80. The second-order valence-corrected chi connectivity index (χ2v) is 9.66. The second kappa shape index (κ2) is 11.3. The smallest absolute Gasteiger partial charge is 0.420 e. The van der Waals surface area contributed by atoms with E-state index in [1.54, 1.807) is 12.1 Å². The first-order valence-corrected chi connectivity index (χ1v) is 13.0. The fourth-order valence-electron chi connectivity index (χ4n) is 4.89. The van der Waals surface area contributed by atoms with Crippen LogP contribution in [0.3, 0.4) is 0 Å². The van der Waals surface area contributed by atoms with Crippen LogP contribution in [0.1, 0.15) is 43.1 Å². The van der Waals surface area contributed by atoms with E-state index in [4.69, 9.17) is 4.74 Å². The molecule has 42 heavy (non-hydrogen) atoms. The minimum Gasteiger partial charge on any atom is -0.457 e. The number of nitrogens with zero attached hydrogens (tertiary/aromatic N) is 3. The summed E-state index contributed by atoms with van der Waals surface area (Å²) in [5.41, 5.74) is -1.13. The Bertz CT molecular complexity index is 1810. The molecule has 1 atom stereocenters. The Labute approximate surface area is 236 Å². The largest absolute Gasteiger partial charge is 0.457 e. The molecule has 0 saturated carbocycles. The zero-order valence-electron chi connectivity index (χ0n) is 22.3. The first-order valence-electron chi connectivity index (χ1n) is 13.0. The van der Waals surface area contributed by atoms with E-state index in [-0.39, 0.29) is 27.8 Å². The highest BCUT2D eigenvalue weighted by atomic mass is 19.4. The lowest BCUT2D eigenvalue weighted by molar-refractivity contribution is -0.138. The van der Waals surface area contributed by atoms with Crippen LogP contribution in [0.2, 0.25) is 0 Å². The normalized spacial score (nSPS) is 12.5. The number of fused-ring (bicyclic) bond motifs is 1. The summed E-state index contributed by atoms with van der Waals surface area (Å²) < 4.78 is 92.5. The number of benzene rings is 3. The molecule has 2 aromatic heterocycles. The molecule has 3 aromatic carbocycles. The quantitative estimate of drug-likeness (QED) is 0.181. The number of pyridine rings is 1. The van der Waals surface area contributed by atoms with E-state index in [9.17, 15) is 31.1 Å². The van der Waals surface area contributed by atoms with Gasteiger partial charge in [0.2, 0.25) is 0 Å². The highest BCUT2D eigenvalue weighted by Gasteiger charge is 2.38. The summed E-state index contributed by atoms with van der Waals surface area (Å²) in [5, 5.41) is -0.0646. The Morgan fingerprint density at radius 3 is 2.33 bits per heavy atom. The summed E-state index contributed by atoms with van der Waals surface area (Å²) in [6.45, 7) is 3.40. The number of alkyl halides is 3. The molecule has 5 aromatic rings. The zero-order valence-corrected chi connectivity index (χ0v) is 22.3. The number of aryl methyl sites for hydroxylation is 1. The third-order valence-corrected chi connectivity index (χ3v) is 6.83. The predicted octanol–water partition coefficient (Wildman–Crippen LogP) is 8.25. The van der Waals surface area contributed by atoms with Crippen LogP contribution in [-0.2, 0) is 12.6 Å². The average molecular weight is 584 g/mol. The predicted molar refractivity (Wildman–Crippen MR) is 145 cm³/mol. The molecular formula is C31H23F6N3O2. The lowest BCUT2D eigenvalue weighted by Crippen LogP contribution is -2.18. The summed E-state index contributed by atoms with van der Waals surface area (Å²) in [5.74, 6) is -3.92. The third-order valence-electron chi connectivity index (χ3n) is 6.83. The lowest BCUT2D eigenvalue weighted by atomic mass is 9.99. The van der Waals surface area contributed by atoms with Crippen molar-refractivity contribution in [2.75, 3.05) is 0 Å². The maximum absolute atomic E-state index is 14.5. The number of rotatable bonds is 7. The molecule has 5 rings (SSSR count). The minimum atomic E-state index is -4.79. The minimum absolute atomic E-state index is 0.0646. The van der Waals surface area contributed by atoms with Gasteiger partial charge in [-0.15, -0.1) is 0 Å². The number of aromatic nitrogens is 3. The van der Waals surface area contributed by atoms with E-state index in [0.29, 0.717) is 18.6 Å². The Balaban J connectivity index is 1.56. The van der Waals surface area contributed by atoms with Gasteiger partial charge < -0.3 is 9.30 Å². The van der Waals surface area contributed by atoms with Gasteiger partial charge in [-0.2, -0.15) is 18.2 Å². The van der Waals surface area contributed by atoms with Crippen LogP contribution in [0.4, 0.5) is 26.3 Å². The van der Waals surface area contributed by atoms with E-state index in [1.807, 2.05) is 6.92 Å². The fourth-order valence-corrected chi connectivity index (χ4v) is 4.89. The molecule has 5 nitrogen and oxygen atoms in total. The van der Waals surface area contributed by atoms with Gasteiger partial charge in [-0.3, -0.25) is 9.78 Å². The summed E-state index contributed by atoms with van der Waals surface area (Å²) >= 11 is 0. The molecular weight excluding hydrogens is 560 g/mol. The van der Waals surface area contributed by atoms with E-state index in [1.165, 1.54) is 54.1 Å². The van der Waals surface area contributed by atoms with Gasteiger partial charge >= 0.3 is 6.18 Å². The first-order chi connectivity index (χ1) is 20.0. The van der Waals surface area contributed by atoms with Crippen LogP contribution in [0, 0.1) is 17.5 Å². The van der Waals surface area contributed by atoms with Crippen LogP contribution in [0.25, 0.3) is 22.0 Å². The summed E-state index contributed by atoms with van der Waals surface area (Å²) in [6, 6.07) is 11.1. The van der Waals surface area contributed by atoms with Crippen LogP contribution in [-0.4, -0.2) is 14.5 Å². The molecule has 0 aliphatic carbocycles. The first kappa shape index (κ1) is 28.8. The molecule has 0 bridgehead atoms. The maximum Gasteiger partial charge on any atom is 0.420 e. The van der Waals surface area contributed by atoms with Gasteiger partial charge in [0.05, 0.1) is 23.3 Å². The molecule has 0 aliphatic heterocycles. The topological polar surface area (TPSA) is 57.0 Å². The molecule has 0 radical (unpaired) electrons. The van der Waals surface area contributed by atoms with Crippen molar-refractivity contribution in [2.24, 2.45) is 0 Å². The molecule has 0 aliphatic rings.